The molecule has 0 bridgehead atoms. The molecule has 0 amide bonds. The van der Waals surface area contributed by atoms with E-state index in [1.807, 2.05) is 36.4 Å². The molecule has 0 unspecified atom stereocenters. The Labute approximate surface area is 112 Å². The zero-order valence-electron chi connectivity index (χ0n) is 10.1. The first-order valence-electron chi connectivity index (χ1n) is 5.65. The lowest BCUT2D eigenvalue weighted by Crippen LogP contribution is -1.75. The van der Waals surface area contributed by atoms with Gasteiger partial charge in [0.25, 0.3) is 0 Å². The van der Waals surface area contributed by atoms with Crippen molar-refractivity contribution in [2.24, 2.45) is 0 Å². The van der Waals surface area contributed by atoms with Gasteiger partial charge < -0.3 is 4.89 Å². The second kappa shape index (κ2) is 6.07. The molecule has 19 heavy (non-hydrogen) atoms. The highest BCUT2D eigenvalue weighted by Crippen LogP contribution is 2.37. The Hall–Kier alpha value is -2.25. The van der Waals surface area contributed by atoms with Crippen LogP contribution < -0.4 is 0 Å². The number of hydrogen-bond donors (Lipinski definition) is 1. The standard InChI is InChI=1S/C16H11O2P/c17-19(18,13-11-15-7-3-1-4-8-15)14-12-16-9-5-2-6-10-16/h1-10H,(H,17,18). The zero-order chi connectivity index (χ0) is 13.6. The summed E-state index contributed by atoms with van der Waals surface area (Å²) in [7, 11) is -3.75. The average molecular weight is 266 g/mol. The minimum Gasteiger partial charge on any atom is -0.327 e. The van der Waals surface area contributed by atoms with Crippen LogP contribution in [0.25, 0.3) is 0 Å². The zero-order valence-corrected chi connectivity index (χ0v) is 11.0. The molecule has 2 aromatic carbocycles. The Morgan fingerprint density at radius 1 is 0.737 bits per heavy atom. The van der Waals surface area contributed by atoms with Gasteiger partial charge in [-0.1, -0.05) is 48.2 Å². The molecule has 0 aliphatic rings. The molecule has 0 radical (unpaired) electrons. The highest BCUT2D eigenvalue weighted by molar-refractivity contribution is 7.68. The lowest BCUT2D eigenvalue weighted by molar-refractivity contribution is 0.503. The highest BCUT2D eigenvalue weighted by Gasteiger charge is 2.08. The van der Waals surface area contributed by atoms with Gasteiger partial charge in [0.1, 0.15) is 0 Å². The van der Waals surface area contributed by atoms with Crippen molar-refractivity contribution < 1.29 is 9.46 Å². The summed E-state index contributed by atoms with van der Waals surface area (Å²) in [5.74, 6) is 5.31. The van der Waals surface area contributed by atoms with E-state index in [-0.39, 0.29) is 0 Å². The molecule has 2 rings (SSSR count). The van der Waals surface area contributed by atoms with E-state index in [1.54, 1.807) is 24.3 Å². The van der Waals surface area contributed by atoms with Crippen molar-refractivity contribution in [2.45, 2.75) is 0 Å². The van der Waals surface area contributed by atoms with Crippen LogP contribution in [-0.4, -0.2) is 4.89 Å². The largest absolute Gasteiger partial charge is 0.343 e. The summed E-state index contributed by atoms with van der Waals surface area (Å²) >= 11 is 0. The fraction of sp³-hybridized carbons (Fsp3) is 0. The quantitative estimate of drug-likeness (QED) is 0.587. The molecule has 2 aromatic rings. The first-order valence-corrected chi connectivity index (χ1v) is 7.31. The lowest BCUT2D eigenvalue weighted by atomic mass is 10.2. The fourth-order valence-corrected chi connectivity index (χ4v) is 1.97. The van der Waals surface area contributed by atoms with Gasteiger partial charge in [-0.2, -0.15) is 0 Å². The van der Waals surface area contributed by atoms with E-state index >= 15 is 0 Å². The van der Waals surface area contributed by atoms with Crippen LogP contribution in [0, 0.1) is 23.2 Å². The number of hydrogen-bond acceptors (Lipinski definition) is 1. The molecule has 0 saturated heterocycles. The summed E-state index contributed by atoms with van der Waals surface area (Å²) in [4.78, 5) is 9.65. The van der Waals surface area contributed by atoms with Gasteiger partial charge in [-0.05, 0) is 24.3 Å². The van der Waals surface area contributed by atoms with E-state index in [0.717, 1.165) is 0 Å². The van der Waals surface area contributed by atoms with E-state index in [1.165, 1.54) is 0 Å². The summed E-state index contributed by atoms with van der Waals surface area (Å²) in [6.45, 7) is 0. The van der Waals surface area contributed by atoms with Gasteiger partial charge in [0.2, 0.25) is 0 Å². The third-order valence-electron chi connectivity index (χ3n) is 2.25. The van der Waals surface area contributed by atoms with E-state index in [9.17, 15) is 9.46 Å². The van der Waals surface area contributed by atoms with Crippen molar-refractivity contribution in [3.63, 3.8) is 0 Å². The minimum absolute atomic E-state index is 0.693. The molecule has 0 atom stereocenters. The van der Waals surface area contributed by atoms with Gasteiger partial charge in [0, 0.05) is 22.4 Å². The normalized spacial score (nSPS) is 9.74. The Kier molecular flexibility index (Phi) is 4.22. The van der Waals surface area contributed by atoms with Crippen LogP contribution in [0.1, 0.15) is 11.1 Å². The number of benzene rings is 2. The second-order valence-corrected chi connectivity index (χ2v) is 5.38. The van der Waals surface area contributed by atoms with Gasteiger partial charge >= 0.3 is 7.37 Å². The van der Waals surface area contributed by atoms with Crippen molar-refractivity contribution in [3.05, 3.63) is 71.8 Å². The van der Waals surface area contributed by atoms with Crippen LogP contribution in [0.2, 0.25) is 0 Å². The molecule has 0 fully saturated rings. The highest BCUT2D eigenvalue weighted by atomic mass is 31.2. The smallest absolute Gasteiger partial charge is 0.327 e. The third kappa shape index (κ3) is 4.49. The molecule has 0 spiro atoms. The first-order chi connectivity index (χ1) is 9.16. The van der Waals surface area contributed by atoms with Crippen LogP contribution in [0.3, 0.4) is 0 Å². The number of rotatable bonds is 0. The van der Waals surface area contributed by atoms with Crippen molar-refractivity contribution in [1.29, 1.82) is 0 Å². The van der Waals surface area contributed by atoms with Crippen LogP contribution in [0.4, 0.5) is 0 Å². The van der Waals surface area contributed by atoms with Crippen LogP contribution >= 0.6 is 7.37 Å². The molecular formula is C16H11O2P. The van der Waals surface area contributed by atoms with Gasteiger partial charge in [0.15, 0.2) is 0 Å². The van der Waals surface area contributed by atoms with E-state index in [2.05, 4.69) is 23.2 Å². The summed E-state index contributed by atoms with van der Waals surface area (Å²) in [6, 6.07) is 18.1. The Morgan fingerprint density at radius 2 is 1.11 bits per heavy atom. The predicted octanol–water partition coefficient (Wildman–Crippen LogP) is 3.28. The van der Waals surface area contributed by atoms with E-state index in [4.69, 9.17) is 0 Å². The maximum absolute atomic E-state index is 11.8. The van der Waals surface area contributed by atoms with Crippen LogP contribution in [0.15, 0.2) is 60.7 Å². The van der Waals surface area contributed by atoms with Gasteiger partial charge in [-0.25, -0.2) is 0 Å². The summed E-state index contributed by atoms with van der Waals surface area (Å²) < 4.78 is 11.8. The van der Waals surface area contributed by atoms with Crippen molar-refractivity contribution in [2.75, 3.05) is 0 Å². The average Bonchev–Trinajstić information content (AvgIpc) is 2.46. The monoisotopic (exact) mass is 266 g/mol. The molecule has 0 aliphatic carbocycles. The third-order valence-corrected chi connectivity index (χ3v) is 3.08. The predicted molar refractivity (Wildman–Crippen MR) is 76.5 cm³/mol. The molecule has 0 saturated carbocycles. The van der Waals surface area contributed by atoms with Crippen LogP contribution in [-0.2, 0) is 4.57 Å². The molecular weight excluding hydrogens is 255 g/mol. The Balaban J connectivity index is 2.19. The topological polar surface area (TPSA) is 37.3 Å². The Morgan fingerprint density at radius 3 is 1.47 bits per heavy atom. The van der Waals surface area contributed by atoms with E-state index in [0.29, 0.717) is 11.1 Å². The van der Waals surface area contributed by atoms with Crippen molar-refractivity contribution >= 4 is 7.37 Å². The second-order valence-electron chi connectivity index (χ2n) is 3.78. The van der Waals surface area contributed by atoms with Gasteiger partial charge in [-0.15, -0.1) is 0 Å². The van der Waals surface area contributed by atoms with Gasteiger partial charge in [-0.3, -0.25) is 4.57 Å². The summed E-state index contributed by atoms with van der Waals surface area (Å²) in [6.07, 6.45) is 0. The van der Waals surface area contributed by atoms with Crippen molar-refractivity contribution in [3.8, 4) is 23.2 Å². The molecule has 3 heteroatoms. The molecule has 0 aromatic heterocycles. The SMILES string of the molecule is O=P(O)(C#Cc1ccccc1)C#Cc1ccccc1. The first kappa shape index (κ1) is 13.2. The molecule has 1 N–H and O–H groups in total. The molecule has 92 valence electrons. The molecule has 2 nitrogen and oxygen atoms in total. The lowest BCUT2D eigenvalue weighted by Gasteiger charge is -1.92. The maximum Gasteiger partial charge on any atom is 0.343 e. The fourth-order valence-electron chi connectivity index (χ4n) is 1.35. The van der Waals surface area contributed by atoms with Gasteiger partial charge in [0.05, 0.1) is 0 Å². The van der Waals surface area contributed by atoms with Crippen molar-refractivity contribution in [1.82, 2.24) is 0 Å². The molecule has 0 heterocycles. The minimum atomic E-state index is -3.75. The summed E-state index contributed by atoms with van der Waals surface area (Å²) in [5.41, 5.74) is 6.05. The van der Waals surface area contributed by atoms with Crippen LogP contribution in [0.5, 0.6) is 0 Å². The molecule has 0 aliphatic heterocycles. The van der Waals surface area contributed by atoms with E-state index < -0.39 is 7.37 Å². The summed E-state index contributed by atoms with van der Waals surface area (Å²) in [5, 5.41) is 0. The maximum atomic E-state index is 11.8. The Bertz CT molecular complexity index is 652.